The summed E-state index contributed by atoms with van der Waals surface area (Å²) in [7, 11) is 0. The minimum Gasteiger partial charge on any atom is -0.294 e. The van der Waals surface area contributed by atoms with Crippen molar-refractivity contribution in [2.45, 2.75) is 32.2 Å². The van der Waals surface area contributed by atoms with Gasteiger partial charge in [-0.1, -0.05) is 36.8 Å². The second kappa shape index (κ2) is 6.92. The fourth-order valence-corrected chi connectivity index (χ4v) is 2.32. The standard InChI is InChI=1S/C14H19NO.BrH/c1-12(15-10-6-3-7-11-15)14(16)13-8-4-2-5-9-13;/h2,4-5,8-9,12H,3,6-7,10-11H2,1H3;1H. The normalized spacial score (nSPS) is 18.2. The summed E-state index contributed by atoms with van der Waals surface area (Å²) in [4.78, 5) is 14.5. The van der Waals surface area contributed by atoms with Gasteiger partial charge >= 0.3 is 0 Å². The van der Waals surface area contributed by atoms with Gasteiger partial charge in [0.1, 0.15) is 0 Å². The van der Waals surface area contributed by atoms with Crippen molar-refractivity contribution in [1.82, 2.24) is 4.90 Å². The summed E-state index contributed by atoms with van der Waals surface area (Å²) in [5.41, 5.74) is 0.834. The predicted molar refractivity (Wildman–Crippen MR) is 76.0 cm³/mol. The van der Waals surface area contributed by atoms with Crippen LogP contribution >= 0.6 is 17.0 Å². The number of likely N-dealkylation sites (tertiary alicyclic amines) is 1. The molecule has 1 aromatic carbocycles. The highest BCUT2D eigenvalue weighted by Gasteiger charge is 2.23. The number of carbonyl (C=O) groups excluding carboxylic acids is 1. The number of piperidine rings is 1. The van der Waals surface area contributed by atoms with Crippen LogP contribution in [0.3, 0.4) is 0 Å². The van der Waals surface area contributed by atoms with Gasteiger partial charge < -0.3 is 0 Å². The van der Waals surface area contributed by atoms with Crippen LogP contribution in [0.5, 0.6) is 0 Å². The Labute approximate surface area is 114 Å². The molecule has 3 heteroatoms. The van der Waals surface area contributed by atoms with E-state index in [0.29, 0.717) is 0 Å². The second-order valence-electron chi connectivity index (χ2n) is 4.50. The molecule has 0 aliphatic carbocycles. The number of halogens is 1. The molecule has 2 nitrogen and oxygen atoms in total. The van der Waals surface area contributed by atoms with Crippen LogP contribution in [0.4, 0.5) is 0 Å². The molecular formula is C14H20BrNO. The molecule has 0 saturated carbocycles. The monoisotopic (exact) mass is 297 g/mol. The highest BCUT2D eigenvalue weighted by Crippen LogP contribution is 2.15. The van der Waals surface area contributed by atoms with Crippen LogP contribution in [-0.2, 0) is 0 Å². The highest BCUT2D eigenvalue weighted by atomic mass is 79.9. The Morgan fingerprint density at radius 1 is 1.12 bits per heavy atom. The molecule has 17 heavy (non-hydrogen) atoms. The molecule has 0 aromatic heterocycles. The van der Waals surface area contributed by atoms with E-state index in [1.807, 2.05) is 37.3 Å². The molecule has 94 valence electrons. The number of ketones is 1. The van der Waals surface area contributed by atoms with E-state index < -0.39 is 0 Å². The highest BCUT2D eigenvalue weighted by molar-refractivity contribution is 8.93. The first-order chi connectivity index (χ1) is 7.79. The number of benzene rings is 1. The van der Waals surface area contributed by atoms with Crippen molar-refractivity contribution < 1.29 is 4.79 Å². The largest absolute Gasteiger partial charge is 0.294 e. The number of hydrogen-bond donors (Lipinski definition) is 0. The summed E-state index contributed by atoms with van der Waals surface area (Å²) in [6, 6.07) is 9.64. The Morgan fingerprint density at radius 3 is 2.29 bits per heavy atom. The van der Waals surface area contributed by atoms with Gasteiger partial charge in [-0.05, 0) is 32.9 Å². The van der Waals surface area contributed by atoms with E-state index in [1.54, 1.807) is 0 Å². The summed E-state index contributed by atoms with van der Waals surface area (Å²) in [6.07, 6.45) is 3.77. The van der Waals surface area contributed by atoms with Gasteiger partial charge in [0, 0.05) is 5.56 Å². The van der Waals surface area contributed by atoms with Gasteiger partial charge in [0.15, 0.2) is 5.78 Å². The van der Waals surface area contributed by atoms with E-state index in [1.165, 1.54) is 19.3 Å². The van der Waals surface area contributed by atoms with Crippen molar-refractivity contribution in [3.8, 4) is 0 Å². The summed E-state index contributed by atoms with van der Waals surface area (Å²) in [5.74, 6) is 0.252. The predicted octanol–water partition coefficient (Wildman–Crippen LogP) is 3.32. The zero-order chi connectivity index (χ0) is 11.4. The molecule has 1 fully saturated rings. The van der Waals surface area contributed by atoms with E-state index in [9.17, 15) is 4.79 Å². The molecule has 1 atom stereocenters. The molecule has 0 radical (unpaired) electrons. The number of rotatable bonds is 3. The number of Topliss-reactive ketones (excluding diaryl/α,β-unsaturated/α-hetero) is 1. The number of carbonyl (C=O) groups is 1. The molecule has 0 spiro atoms. The Kier molecular flexibility index (Phi) is 5.86. The minimum atomic E-state index is 0. The Hall–Kier alpha value is -0.670. The van der Waals surface area contributed by atoms with Gasteiger partial charge in [0.25, 0.3) is 0 Å². The molecule has 1 aliphatic rings. The SMILES string of the molecule is Br.CC(C(=O)c1ccccc1)N1CCCCC1. The van der Waals surface area contributed by atoms with Crippen LogP contribution in [0, 0.1) is 0 Å². The van der Waals surface area contributed by atoms with Gasteiger partial charge in [-0.3, -0.25) is 9.69 Å². The average Bonchev–Trinajstić information content (AvgIpc) is 2.39. The third kappa shape index (κ3) is 3.65. The lowest BCUT2D eigenvalue weighted by Gasteiger charge is -2.31. The lowest BCUT2D eigenvalue weighted by Crippen LogP contribution is -2.42. The van der Waals surface area contributed by atoms with Crippen LogP contribution in [0.1, 0.15) is 36.5 Å². The second-order valence-corrected chi connectivity index (χ2v) is 4.50. The Balaban J connectivity index is 0.00000144. The first-order valence-electron chi connectivity index (χ1n) is 6.12. The van der Waals surface area contributed by atoms with Gasteiger partial charge in [-0.2, -0.15) is 0 Å². The Morgan fingerprint density at radius 2 is 1.71 bits per heavy atom. The maximum absolute atomic E-state index is 12.2. The first-order valence-corrected chi connectivity index (χ1v) is 6.12. The van der Waals surface area contributed by atoms with Crippen LogP contribution < -0.4 is 0 Å². The van der Waals surface area contributed by atoms with Crippen molar-refractivity contribution in [2.75, 3.05) is 13.1 Å². The van der Waals surface area contributed by atoms with Crippen molar-refractivity contribution in [3.05, 3.63) is 35.9 Å². The minimum absolute atomic E-state index is 0. The summed E-state index contributed by atoms with van der Waals surface area (Å²) >= 11 is 0. The van der Waals surface area contributed by atoms with E-state index in [0.717, 1.165) is 18.7 Å². The Bertz CT molecular complexity index is 346. The molecule has 0 N–H and O–H groups in total. The molecule has 1 unspecified atom stereocenters. The molecular weight excluding hydrogens is 278 g/mol. The van der Waals surface area contributed by atoms with E-state index in [2.05, 4.69) is 4.90 Å². The lowest BCUT2D eigenvalue weighted by atomic mass is 10.0. The van der Waals surface area contributed by atoms with Crippen molar-refractivity contribution in [2.24, 2.45) is 0 Å². The summed E-state index contributed by atoms with van der Waals surface area (Å²) < 4.78 is 0. The van der Waals surface area contributed by atoms with Gasteiger partial charge in [0.05, 0.1) is 6.04 Å². The van der Waals surface area contributed by atoms with Crippen LogP contribution in [0.2, 0.25) is 0 Å². The number of nitrogens with zero attached hydrogens (tertiary/aromatic N) is 1. The third-order valence-electron chi connectivity index (χ3n) is 3.38. The zero-order valence-electron chi connectivity index (χ0n) is 10.3. The van der Waals surface area contributed by atoms with Crippen LogP contribution in [0.15, 0.2) is 30.3 Å². The number of hydrogen-bond acceptors (Lipinski definition) is 2. The third-order valence-corrected chi connectivity index (χ3v) is 3.38. The van der Waals surface area contributed by atoms with Crippen molar-refractivity contribution in [1.29, 1.82) is 0 Å². The molecule has 2 rings (SSSR count). The molecule has 1 heterocycles. The van der Waals surface area contributed by atoms with Gasteiger partial charge in [-0.25, -0.2) is 0 Å². The van der Waals surface area contributed by atoms with Gasteiger partial charge in [0.2, 0.25) is 0 Å². The maximum atomic E-state index is 12.2. The molecule has 1 aromatic rings. The summed E-state index contributed by atoms with van der Waals surface area (Å²) in [6.45, 7) is 4.17. The van der Waals surface area contributed by atoms with Crippen molar-refractivity contribution >= 4 is 22.8 Å². The van der Waals surface area contributed by atoms with Crippen molar-refractivity contribution in [3.63, 3.8) is 0 Å². The molecule has 0 bridgehead atoms. The van der Waals surface area contributed by atoms with Crippen LogP contribution in [-0.4, -0.2) is 29.8 Å². The zero-order valence-corrected chi connectivity index (χ0v) is 12.0. The fraction of sp³-hybridized carbons (Fsp3) is 0.500. The molecule has 0 amide bonds. The quantitative estimate of drug-likeness (QED) is 0.798. The molecule has 1 aliphatic heterocycles. The maximum Gasteiger partial charge on any atom is 0.179 e. The lowest BCUT2D eigenvalue weighted by molar-refractivity contribution is 0.0809. The first kappa shape index (κ1) is 14.4. The summed E-state index contributed by atoms with van der Waals surface area (Å²) in [5, 5.41) is 0. The van der Waals surface area contributed by atoms with Crippen LogP contribution in [0.25, 0.3) is 0 Å². The molecule has 1 saturated heterocycles. The van der Waals surface area contributed by atoms with Gasteiger partial charge in [-0.15, -0.1) is 17.0 Å². The van der Waals surface area contributed by atoms with E-state index in [-0.39, 0.29) is 28.8 Å². The fourth-order valence-electron chi connectivity index (χ4n) is 2.32. The van der Waals surface area contributed by atoms with E-state index in [4.69, 9.17) is 0 Å². The smallest absolute Gasteiger partial charge is 0.179 e. The topological polar surface area (TPSA) is 20.3 Å². The van der Waals surface area contributed by atoms with E-state index >= 15 is 0 Å². The average molecular weight is 298 g/mol.